The minimum absolute atomic E-state index is 0.258. The van der Waals surface area contributed by atoms with E-state index >= 15 is 0 Å². The van der Waals surface area contributed by atoms with Gasteiger partial charge in [0.1, 0.15) is 0 Å². The van der Waals surface area contributed by atoms with Crippen molar-refractivity contribution in [2.75, 3.05) is 13.6 Å². The first-order chi connectivity index (χ1) is 7.89. The van der Waals surface area contributed by atoms with Crippen LogP contribution in [0.5, 0.6) is 0 Å². The van der Waals surface area contributed by atoms with Gasteiger partial charge in [0.15, 0.2) is 0 Å². The number of nitrogens with one attached hydrogen (secondary N) is 1. The van der Waals surface area contributed by atoms with E-state index in [1.165, 1.54) is 32.2 Å². The molecule has 1 N–H and O–H groups in total. The second kappa shape index (κ2) is 6.19. The summed E-state index contributed by atoms with van der Waals surface area (Å²) in [5.74, 6) is 0.861. The quantitative estimate of drug-likeness (QED) is 0.766. The lowest BCUT2D eigenvalue weighted by Crippen LogP contribution is -2.54. The van der Waals surface area contributed by atoms with Crippen molar-refractivity contribution >= 4 is 0 Å². The van der Waals surface area contributed by atoms with Crippen LogP contribution in [0, 0.1) is 5.92 Å². The smallest absolute Gasteiger partial charge is 0.0136 e. The molecule has 17 heavy (non-hydrogen) atoms. The number of rotatable bonds is 6. The highest BCUT2D eigenvalue weighted by Crippen LogP contribution is 2.33. The topological polar surface area (TPSA) is 15.3 Å². The van der Waals surface area contributed by atoms with Crippen LogP contribution >= 0.6 is 0 Å². The van der Waals surface area contributed by atoms with Crippen LogP contribution in [-0.2, 0) is 0 Å². The van der Waals surface area contributed by atoms with Crippen molar-refractivity contribution in [2.24, 2.45) is 5.92 Å². The molecule has 2 nitrogen and oxygen atoms in total. The molecule has 0 amide bonds. The molecule has 0 aromatic rings. The van der Waals surface area contributed by atoms with Crippen LogP contribution < -0.4 is 5.32 Å². The summed E-state index contributed by atoms with van der Waals surface area (Å²) in [6.07, 6.45) is 5.35. The van der Waals surface area contributed by atoms with Gasteiger partial charge >= 0.3 is 0 Å². The zero-order chi connectivity index (χ0) is 13.1. The van der Waals surface area contributed by atoms with Crippen LogP contribution in [0.2, 0.25) is 0 Å². The van der Waals surface area contributed by atoms with E-state index in [1.807, 2.05) is 0 Å². The summed E-state index contributed by atoms with van der Waals surface area (Å²) in [6.45, 7) is 12.6. The van der Waals surface area contributed by atoms with Crippen molar-refractivity contribution in [1.29, 1.82) is 0 Å². The van der Waals surface area contributed by atoms with E-state index in [9.17, 15) is 0 Å². The molecule has 0 spiro atoms. The van der Waals surface area contributed by atoms with Crippen molar-refractivity contribution < 1.29 is 0 Å². The summed E-state index contributed by atoms with van der Waals surface area (Å²) < 4.78 is 0. The summed E-state index contributed by atoms with van der Waals surface area (Å²) >= 11 is 0. The largest absolute Gasteiger partial charge is 0.312 e. The minimum Gasteiger partial charge on any atom is -0.312 e. The second-order valence-electron chi connectivity index (χ2n) is 6.67. The SMILES string of the molecule is CCC(CC)N(C)C1CCC1CNC(C)(C)C. The molecule has 2 heteroatoms. The third-order valence-electron chi connectivity index (χ3n) is 4.31. The summed E-state index contributed by atoms with van der Waals surface area (Å²) in [5, 5.41) is 3.66. The van der Waals surface area contributed by atoms with Crippen molar-refractivity contribution in [2.45, 2.75) is 77.9 Å². The number of nitrogens with zero attached hydrogens (tertiary/aromatic N) is 1. The average molecular weight is 240 g/mol. The molecule has 102 valence electrons. The average Bonchev–Trinajstić information content (AvgIpc) is 2.16. The van der Waals surface area contributed by atoms with Crippen LogP contribution in [0.1, 0.15) is 60.3 Å². The molecule has 0 radical (unpaired) electrons. The highest BCUT2D eigenvalue weighted by Gasteiger charge is 2.35. The summed E-state index contributed by atoms with van der Waals surface area (Å²) in [5.41, 5.74) is 0.258. The van der Waals surface area contributed by atoms with Gasteiger partial charge in [-0.3, -0.25) is 0 Å². The number of hydrogen-bond donors (Lipinski definition) is 1. The summed E-state index contributed by atoms with van der Waals surface area (Å²) in [4.78, 5) is 2.64. The van der Waals surface area contributed by atoms with E-state index in [4.69, 9.17) is 0 Å². The van der Waals surface area contributed by atoms with Gasteiger partial charge in [-0.05, 0) is 66.0 Å². The van der Waals surface area contributed by atoms with Crippen molar-refractivity contribution in [3.63, 3.8) is 0 Å². The maximum Gasteiger partial charge on any atom is 0.0136 e. The normalized spacial score (nSPS) is 25.4. The van der Waals surface area contributed by atoms with Crippen LogP contribution in [0.25, 0.3) is 0 Å². The first-order valence-corrected chi connectivity index (χ1v) is 7.36. The molecule has 1 rings (SSSR count). The molecule has 1 saturated carbocycles. The Hall–Kier alpha value is -0.0800. The van der Waals surface area contributed by atoms with Gasteiger partial charge in [-0.15, -0.1) is 0 Å². The first kappa shape index (κ1) is 15.0. The molecule has 1 aliphatic carbocycles. The second-order valence-corrected chi connectivity index (χ2v) is 6.67. The Balaban J connectivity index is 2.40. The minimum atomic E-state index is 0.258. The first-order valence-electron chi connectivity index (χ1n) is 7.36. The zero-order valence-electron chi connectivity index (χ0n) is 12.7. The van der Waals surface area contributed by atoms with E-state index in [0.29, 0.717) is 0 Å². The van der Waals surface area contributed by atoms with E-state index in [0.717, 1.165) is 18.0 Å². The molecule has 0 saturated heterocycles. The molecular formula is C15H32N2. The maximum atomic E-state index is 3.66. The Morgan fingerprint density at radius 3 is 2.12 bits per heavy atom. The van der Waals surface area contributed by atoms with Gasteiger partial charge < -0.3 is 10.2 Å². The summed E-state index contributed by atoms with van der Waals surface area (Å²) in [6, 6.07) is 1.59. The Bertz CT molecular complexity index is 215. The predicted molar refractivity (Wildman–Crippen MR) is 76.4 cm³/mol. The van der Waals surface area contributed by atoms with E-state index in [1.54, 1.807) is 0 Å². The third kappa shape index (κ3) is 4.26. The molecule has 0 aliphatic heterocycles. The van der Waals surface area contributed by atoms with Crippen molar-refractivity contribution in [1.82, 2.24) is 10.2 Å². The van der Waals surface area contributed by atoms with E-state index in [-0.39, 0.29) is 5.54 Å². The highest BCUT2D eigenvalue weighted by molar-refractivity contribution is 4.92. The Labute approximate surface area is 108 Å². The van der Waals surface area contributed by atoms with Gasteiger partial charge in [0.25, 0.3) is 0 Å². The molecule has 2 atom stereocenters. The van der Waals surface area contributed by atoms with Gasteiger partial charge in [-0.1, -0.05) is 13.8 Å². The fraction of sp³-hybridized carbons (Fsp3) is 1.00. The molecule has 0 aromatic heterocycles. The van der Waals surface area contributed by atoms with Crippen LogP contribution in [-0.4, -0.2) is 36.1 Å². The van der Waals surface area contributed by atoms with Gasteiger partial charge in [0.2, 0.25) is 0 Å². The highest BCUT2D eigenvalue weighted by atomic mass is 15.2. The molecule has 2 unspecified atom stereocenters. The van der Waals surface area contributed by atoms with Gasteiger partial charge in [-0.25, -0.2) is 0 Å². The molecule has 1 fully saturated rings. The monoisotopic (exact) mass is 240 g/mol. The molecule has 0 heterocycles. The van der Waals surface area contributed by atoms with Gasteiger partial charge in [0, 0.05) is 17.6 Å². The van der Waals surface area contributed by atoms with E-state index < -0.39 is 0 Å². The van der Waals surface area contributed by atoms with E-state index in [2.05, 4.69) is 51.9 Å². The number of hydrogen-bond acceptors (Lipinski definition) is 2. The summed E-state index contributed by atoms with van der Waals surface area (Å²) in [7, 11) is 2.32. The van der Waals surface area contributed by atoms with Crippen LogP contribution in [0.4, 0.5) is 0 Å². The van der Waals surface area contributed by atoms with Crippen LogP contribution in [0.3, 0.4) is 0 Å². The Morgan fingerprint density at radius 2 is 1.76 bits per heavy atom. The standard InChI is InChI=1S/C15H32N2/c1-7-13(8-2)17(6)14-10-9-12(14)11-16-15(3,4)5/h12-14,16H,7-11H2,1-6H3. The van der Waals surface area contributed by atoms with Gasteiger partial charge in [-0.2, -0.15) is 0 Å². The lowest BCUT2D eigenvalue weighted by Gasteiger charge is -2.46. The molecule has 0 bridgehead atoms. The van der Waals surface area contributed by atoms with Crippen molar-refractivity contribution in [3.05, 3.63) is 0 Å². The third-order valence-corrected chi connectivity index (χ3v) is 4.31. The predicted octanol–water partition coefficient (Wildman–Crippen LogP) is 3.27. The fourth-order valence-electron chi connectivity index (χ4n) is 2.90. The zero-order valence-corrected chi connectivity index (χ0v) is 12.7. The van der Waals surface area contributed by atoms with Crippen LogP contribution in [0.15, 0.2) is 0 Å². The Kier molecular flexibility index (Phi) is 5.46. The molecule has 1 aliphatic rings. The lowest BCUT2D eigenvalue weighted by molar-refractivity contribution is 0.0437. The molecule has 0 aromatic carbocycles. The van der Waals surface area contributed by atoms with Gasteiger partial charge in [0.05, 0.1) is 0 Å². The Morgan fingerprint density at radius 1 is 1.18 bits per heavy atom. The lowest BCUT2D eigenvalue weighted by atomic mass is 9.77. The fourth-order valence-corrected chi connectivity index (χ4v) is 2.90. The van der Waals surface area contributed by atoms with Crippen molar-refractivity contribution in [3.8, 4) is 0 Å². The maximum absolute atomic E-state index is 3.66. The molecular weight excluding hydrogens is 208 g/mol.